The number of hydrogen-bond donors (Lipinski definition) is 3. The third kappa shape index (κ3) is 2.26. The Morgan fingerprint density at radius 1 is 1.22 bits per heavy atom. The van der Waals surface area contributed by atoms with Crippen molar-refractivity contribution in [2.45, 2.75) is 6.92 Å². The molecule has 0 saturated carbocycles. The van der Waals surface area contributed by atoms with E-state index in [0.29, 0.717) is 11.3 Å². The summed E-state index contributed by atoms with van der Waals surface area (Å²) in [5.74, 6) is 5.60. The van der Waals surface area contributed by atoms with E-state index in [1.54, 1.807) is 12.1 Å². The van der Waals surface area contributed by atoms with Crippen LogP contribution >= 0.6 is 0 Å². The maximum atomic E-state index is 11.5. The van der Waals surface area contributed by atoms with Crippen LogP contribution in [0.25, 0.3) is 5.69 Å². The predicted octanol–water partition coefficient (Wildman–Crippen LogP) is -0.527. The summed E-state index contributed by atoms with van der Waals surface area (Å²) in [5, 5.41) is 4.46. The third-order valence-electron chi connectivity index (χ3n) is 2.34. The minimum atomic E-state index is -0.511. The maximum absolute atomic E-state index is 11.5. The fraction of sp³-hybridized carbons (Fsp3) is 0.167. The molecule has 0 radical (unpaired) electrons. The average Bonchev–Trinajstić information content (AvgIpc) is 2.66. The van der Waals surface area contributed by atoms with Gasteiger partial charge in [-0.3, -0.25) is 0 Å². The quantitative estimate of drug-likeness (QED) is 0.588. The number of nitrogens with one attached hydrogen (secondary N) is 2. The summed E-state index contributed by atoms with van der Waals surface area (Å²) in [5.41, 5.74) is 6.38. The van der Waals surface area contributed by atoms with Crippen LogP contribution in [-0.2, 0) is 0 Å². The first-order valence-electron chi connectivity index (χ1n) is 5.32. The molecule has 0 amide bonds. The van der Waals surface area contributed by atoms with E-state index in [1.165, 1.54) is 0 Å². The molecule has 4 N–H and O–H groups in total. The highest BCUT2D eigenvalue weighted by atomic mass is 16.2. The van der Waals surface area contributed by atoms with Gasteiger partial charge in [0.25, 0.3) is 0 Å². The molecule has 1 aromatic carbocycles. The normalized spacial score (nSPS) is 9.89. The Labute approximate surface area is 102 Å². The van der Waals surface area contributed by atoms with Gasteiger partial charge in [0.1, 0.15) is 0 Å². The molecular formula is C12H12N4O2. The molecule has 18 heavy (non-hydrogen) atoms. The van der Waals surface area contributed by atoms with Gasteiger partial charge in [0.05, 0.1) is 12.2 Å². The number of nitrogens with zero attached hydrogens (tertiary/aromatic N) is 1. The molecule has 6 nitrogen and oxygen atoms in total. The molecule has 0 spiro atoms. The van der Waals surface area contributed by atoms with Gasteiger partial charge in [0, 0.05) is 5.56 Å². The second-order valence-electron chi connectivity index (χ2n) is 3.76. The molecule has 0 unspecified atom stereocenters. The molecule has 0 atom stereocenters. The highest BCUT2D eigenvalue weighted by molar-refractivity contribution is 5.46. The largest absolute Gasteiger partial charge is 0.348 e. The number of benzene rings is 1. The first-order valence-corrected chi connectivity index (χ1v) is 5.32. The van der Waals surface area contributed by atoms with E-state index in [2.05, 4.69) is 22.0 Å². The van der Waals surface area contributed by atoms with Gasteiger partial charge in [0.15, 0.2) is 0 Å². The van der Waals surface area contributed by atoms with Gasteiger partial charge in [-0.15, -0.1) is 0 Å². The molecule has 1 aromatic heterocycles. The van der Waals surface area contributed by atoms with Gasteiger partial charge in [-0.25, -0.2) is 24.4 Å². The Balaban J connectivity index is 2.63. The first-order chi connectivity index (χ1) is 8.61. The van der Waals surface area contributed by atoms with Crippen molar-refractivity contribution in [3.8, 4) is 17.5 Å². The lowest BCUT2D eigenvalue weighted by Crippen LogP contribution is -2.24. The molecule has 1 heterocycles. The lowest BCUT2D eigenvalue weighted by Gasteiger charge is -2.02. The Kier molecular flexibility index (Phi) is 3.17. The van der Waals surface area contributed by atoms with Crippen molar-refractivity contribution in [2.24, 2.45) is 5.73 Å². The van der Waals surface area contributed by atoms with Crippen molar-refractivity contribution < 1.29 is 0 Å². The van der Waals surface area contributed by atoms with Crippen molar-refractivity contribution >= 4 is 0 Å². The van der Waals surface area contributed by atoms with Crippen LogP contribution in [0, 0.1) is 18.8 Å². The number of nitrogens with two attached hydrogens (primary N) is 1. The van der Waals surface area contributed by atoms with Gasteiger partial charge in [-0.05, 0) is 30.7 Å². The van der Waals surface area contributed by atoms with Crippen molar-refractivity contribution in [2.75, 3.05) is 6.54 Å². The average molecular weight is 244 g/mol. The lowest BCUT2D eigenvalue weighted by atomic mass is 10.1. The first kappa shape index (κ1) is 12.0. The summed E-state index contributed by atoms with van der Waals surface area (Å²) >= 11 is 0. The summed E-state index contributed by atoms with van der Waals surface area (Å²) in [4.78, 5) is 23.0. The van der Waals surface area contributed by atoms with Crippen LogP contribution in [0.2, 0.25) is 0 Å². The second-order valence-corrected chi connectivity index (χ2v) is 3.76. The standard InChI is InChI=1S/C12H12N4O2/c1-8-5-9(3-2-4-13)7-10(6-8)16-11(17)14-15-12(16)18/h5-7H,4,13H2,1H3,(H,14,17)(H,15,18). The minimum Gasteiger partial charge on any atom is -0.320 e. The van der Waals surface area contributed by atoms with Crippen molar-refractivity contribution in [3.05, 3.63) is 50.3 Å². The summed E-state index contributed by atoms with van der Waals surface area (Å²) in [6, 6.07) is 5.26. The number of aromatic amines is 2. The van der Waals surface area contributed by atoms with E-state index in [9.17, 15) is 9.59 Å². The Bertz CT molecular complexity index is 712. The second kappa shape index (κ2) is 4.77. The van der Waals surface area contributed by atoms with E-state index >= 15 is 0 Å². The zero-order valence-corrected chi connectivity index (χ0v) is 9.78. The Morgan fingerprint density at radius 2 is 1.89 bits per heavy atom. The van der Waals surface area contributed by atoms with Gasteiger partial charge < -0.3 is 5.73 Å². The van der Waals surface area contributed by atoms with Crippen LogP contribution in [-0.4, -0.2) is 21.3 Å². The third-order valence-corrected chi connectivity index (χ3v) is 2.34. The fourth-order valence-electron chi connectivity index (χ4n) is 1.66. The molecule has 0 bridgehead atoms. The van der Waals surface area contributed by atoms with Gasteiger partial charge in [-0.1, -0.05) is 11.8 Å². The molecular weight excluding hydrogens is 232 g/mol. The van der Waals surface area contributed by atoms with Gasteiger partial charge in [-0.2, -0.15) is 0 Å². The van der Waals surface area contributed by atoms with Crippen LogP contribution in [0.4, 0.5) is 0 Å². The Hall–Kier alpha value is -2.52. The fourth-order valence-corrected chi connectivity index (χ4v) is 1.66. The van der Waals surface area contributed by atoms with E-state index in [0.717, 1.165) is 10.1 Å². The van der Waals surface area contributed by atoms with Crippen molar-refractivity contribution in [3.63, 3.8) is 0 Å². The molecule has 0 fully saturated rings. The molecule has 92 valence electrons. The van der Waals surface area contributed by atoms with Gasteiger partial charge >= 0.3 is 11.4 Å². The molecule has 2 aromatic rings. The zero-order valence-electron chi connectivity index (χ0n) is 9.78. The highest BCUT2D eigenvalue weighted by Gasteiger charge is 2.06. The molecule has 0 aliphatic carbocycles. The molecule has 0 aliphatic heterocycles. The SMILES string of the molecule is Cc1cc(C#CCN)cc(-n2c(=O)[nH][nH]c2=O)c1. The summed E-state index contributed by atoms with van der Waals surface area (Å²) in [7, 11) is 0. The Morgan fingerprint density at radius 3 is 2.50 bits per heavy atom. The smallest absolute Gasteiger partial charge is 0.320 e. The number of rotatable bonds is 1. The predicted molar refractivity (Wildman–Crippen MR) is 67.7 cm³/mol. The monoisotopic (exact) mass is 244 g/mol. The van der Waals surface area contributed by atoms with E-state index in [-0.39, 0.29) is 6.54 Å². The zero-order chi connectivity index (χ0) is 13.1. The molecule has 6 heteroatoms. The van der Waals surface area contributed by atoms with E-state index in [1.807, 2.05) is 13.0 Å². The van der Waals surface area contributed by atoms with Crippen LogP contribution in [0.1, 0.15) is 11.1 Å². The summed E-state index contributed by atoms with van der Waals surface area (Å²) in [6.45, 7) is 2.12. The summed E-state index contributed by atoms with van der Waals surface area (Å²) < 4.78 is 1.01. The molecule has 0 saturated heterocycles. The van der Waals surface area contributed by atoms with Crippen LogP contribution in [0.5, 0.6) is 0 Å². The summed E-state index contributed by atoms with van der Waals surface area (Å²) in [6.07, 6.45) is 0. The van der Waals surface area contributed by atoms with E-state index < -0.39 is 11.4 Å². The topological polar surface area (TPSA) is 96.7 Å². The highest BCUT2D eigenvalue weighted by Crippen LogP contribution is 2.10. The van der Waals surface area contributed by atoms with Crippen LogP contribution < -0.4 is 17.1 Å². The number of aryl methyl sites for hydroxylation is 1. The number of aromatic nitrogens is 3. The van der Waals surface area contributed by atoms with Crippen LogP contribution in [0.3, 0.4) is 0 Å². The van der Waals surface area contributed by atoms with Crippen molar-refractivity contribution in [1.29, 1.82) is 0 Å². The molecule has 2 rings (SSSR count). The van der Waals surface area contributed by atoms with Gasteiger partial charge in [0.2, 0.25) is 0 Å². The van der Waals surface area contributed by atoms with Crippen molar-refractivity contribution in [1.82, 2.24) is 14.8 Å². The number of H-pyrrole nitrogens is 2. The maximum Gasteiger partial charge on any atom is 0.348 e. The van der Waals surface area contributed by atoms with E-state index in [4.69, 9.17) is 5.73 Å². The lowest BCUT2D eigenvalue weighted by molar-refractivity contribution is 0.949. The van der Waals surface area contributed by atoms with Crippen LogP contribution in [0.15, 0.2) is 27.8 Å². The number of hydrogen-bond acceptors (Lipinski definition) is 3. The minimum absolute atomic E-state index is 0.258. The molecule has 0 aliphatic rings.